The average molecular weight is 410 g/mol. The number of benzene rings is 1. The molecule has 2 saturated carbocycles. The summed E-state index contributed by atoms with van der Waals surface area (Å²) in [5.74, 6) is 0.528. The number of carbonyl (C=O) groups excluding carboxylic acids is 2. The van der Waals surface area contributed by atoms with E-state index in [1.807, 2.05) is 55.6 Å². The van der Waals surface area contributed by atoms with Crippen LogP contribution >= 0.6 is 0 Å². The monoisotopic (exact) mass is 409 g/mol. The Hall–Kier alpha value is -2.63. The molecule has 1 aromatic carbocycles. The van der Waals surface area contributed by atoms with E-state index in [0.717, 1.165) is 29.8 Å². The maximum absolute atomic E-state index is 13.5. The summed E-state index contributed by atoms with van der Waals surface area (Å²) in [4.78, 5) is 27.5. The zero-order chi connectivity index (χ0) is 21.4. The fraction of sp³-hybridized carbons (Fsp3) is 0.542. The van der Waals surface area contributed by atoms with E-state index in [2.05, 4.69) is 17.2 Å². The van der Waals surface area contributed by atoms with E-state index < -0.39 is 0 Å². The average Bonchev–Trinajstić information content (AvgIpc) is 3.64. The maximum atomic E-state index is 13.5. The molecule has 0 spiro atoms. The van der Waals surface area contributed by atoms with Gasteiger partial charge < -0.3 is 9.64 Å². The Morgan fingerprint density at radius 1 is 1.17 bits per heavy atom. The SMILES string of the molecule is CCOC(=O)[C@@H]1C[C@@H]1CN(Cc1c(C)nn(C)c1C)C(=O)[C@@H]1C[C@H]1c1ccccc1. The number of hydrogen-bond acceptors (Lipinski definition) is 4. The van der Waals surface area contributed by atoms with Crippen LogP contribution in [0.25, 0.3) is 0 Å². The van der Waals surface area contributed by atoms with Crippen molar-refractivity contribution in [1.82, 2.24) is 14.7 Å². The van der Waals surface area contributed by atoms with Crippen molar-refractivity contribution < 1.29 is 14.3 Å². The minimum atomic E-state index is -0.128. The minimum absolute atomic E-state index is 0.0319. The predicted octanol–water partition coefficient (Wildman–Crippen LogP) is 3.37. The smallest absolute Gasteiger partial charge is 0.309 e. The number of rotatable bonds is 8. The van der Waals surface area contributed by atoms with Crippen molar-refractivity contribution in [2.45, 2.75) is 46.1 Å². The van der Waals surface area contributed by atoms with Crippen LogP contribution in [0.3, 0.4) is 0 Å². The first-order valence-corrected chi connectivity index (χ1v) is 10.9. The Kier molecular flexibility index (Phi) is 5.67. The van der Waals surface area contributed by atoms with Gasteiger partial charge in [0.1, 0.15) is 0 Å². The zero-order valence-electron chi connectivity index (χ0n) is 18.3. The van der Waals surface area contributed by atoms with Gasteiger partial charge in [0, 0.05) is 37.3 Å². The van der Waals surface area contributed by atoms with Crippen LogP contribution in [0.1, 0.15) is 48.2 Å². The Bertz CT molecular complexity index is 937. The molecule has 0 N–H and O–H groups in total. The van der Waals surface area contributed by atoms with E-state index >= 15 is 0 Å². The predicted molar refractivity (Wildman–Crippen MR) is 114 cm³/mol. The van der Waals surface area contributed by atoms with Crippen LogP contribution in [0.2, 0.25) is 0 Å². The summed E-state index contributed by atoms with van der Waals surface area (Å²) in [5.41, 5.74) is 4.39. The second kappa shape index (κ2) is 8.25. The summed E-state index contributed by atoms with van der Waals surface area (Å²) < 4.78 is 7.05. The molecule has 4 atom stereocenters. The van der Waals surface area contributed by atoms with Crippen LogP contribution in [0.5, 0.6) is 0 Å². The lowest BCUT2D eigenvalue weighted by Gasteiger charge is -2.24. The van der Waals surface area contributed by atoms with E-state index in [1.165, 1.54) is 5.56 Å². The van der Waals surface area contributed by atoms with Gasteiger partial charge in [0.2, 0.25) is 5.91 Å². The van der Waals surface area contributed by atoms with Crippen molar-refractivity contribution in [1.29, 1.82) is 0 Å². The minimum Gasteiger partial charge on any atom is -0.466 e. The van der Waals surface area contributed by atoms with Gasteiger partial charge in [-0.05, 0) is 51.0 Å². The van der Waals surface area contributed by atoms with Gasteiger partial charge in [-0.15, -0.1) is 0 Å². The molecule has 2 aromatic rings. The molecule has 0 saturated heterocycles. The summed E-state index contributed by atoms with van der Waals surface area (Å²) in [6, 6.07) is 10.3. The molecule has 2 fully saturated rings. The first-order chi connectivity index (χ1) is 14.4. The molecule has 1 heterocycles. The summed E-state index contributed by atoms with van der Waals surface area (Å²) >= 11 is 0. The van der Waals surface area contributed by atoms with E-state index in [4.69, 9.17) is 4.74 Å². The zero-order valence-corrected chi connectivity index (χ0v) is 18.3. The second-order valence-electron chi connectivity index (χ2n) is 8.71. The van der Waals surface area contributed by atoms with Crippen LogP contribution in [0.4, 0.5) is 0 Å². The first kappa shape index (κ1) is 20.6. The Morgan fingerprint density at radius 2 is 1.90 bits per heavy atom. The van der Waals surface area contributed by atoms with Gasteiger partial charge in [-0.25, -0.2) is 0 Å². The summed E-state index contributed by atoms with van der Waals surface area (Å²) in [6.07, 6.45) is 1.71. The Labute approximate surface area is 178 Å². The Balaban J connectivity index is 1.49. The lowest BCUT2D eigenvalue weighted by molar-refractivity contribution is -0.145. The molecule has 0 aliphatic heterocycles. The van der Waals surface area contributed by atoms with Crippen LogP contribution < -0.4 is 0 Å². The molecule has 0 unspecified atom stereocenters. The number of amides is 1. The molecule has 0 bridgehead atoms. The van der Waals surface area contributed by atoms with Crippen LogP contribution in [0, 0.1) is 31.6 Å². The molecule has 1 aromatic heterocycles. The highest BCUT2D eigenvalue weighted by molar-refractivity contribution is 5.83. The lowest BCUT2D eigenvalue weighted by Crippen LogP contribution is -2.35. The number of aryl methyl sites for hydroxylation is 2. The van der Waals surface area contributed by atoms with Crippen molar-refractivity contribution >= 4 is 11.9 Å². The third-order valence-electron chi connectivity index (χ3n) is 6.62. The topological polar surface area (TPSA) is 64.4 Å². The van der Waals surface area contributed by atoms with E-state index in [9.17, 15) is 9.59 Å². The van der Waals surface area contributed by atoms with Crippen molar-refractivity contribution in [3.63, 3.8) is 0 Å². The third-order valence-corrected chi connectivity index (χ3v) is 6.62. The van der Waals surface area contributed by atoms with Gasteiger partial charge in [0.25, 0.3) is 0 Å². The van der Waals surface area contributed by atoms with Gasteiger partial charge in [0.15, 0.2) is 0 Å². The van der Waals surface area contributed by atoms with Crippen LogP contribution in [-0.4, -0.2) is 39.7 Å². The largest absolute Gasteiger partial charge is 0.466 e. The number of nitrogens with zero attached hydrogens (tertiary/aromatic N) is 3. The Morgan fingerprint density at radius 3 is 2.53 bits per heavy atom. The quantitative estimate of drug-likeness (QED) is 0.627. The molecule has 0 radical (unpaired) electrons. The van der Waals surface area contributed by atoms with Gasteiger partial charge in [-0.3, -0.25) is 14.3 Å². The molecular weight excluding hydrogens is 378 g/mol. The highest BCUT2D eigenvalue weighted by atomic mass is 16.5. The van der Waals surface area contributed by atoms with Crippen molar-refractivity contribution in [3.05, 3.63) is 52.8 Å². The number of hydrogen-bond donors (Lipinski definition) is 0. The molecule has 160 valence electrons. The lowest BCUT2D eigenvalue weighted by atomic mass is 10.1. The number of aromatic nitrogens is 2. The fourth-order valence-electron chi connectivity index (χ4n) is 4.51. The third kappa shape index (κ3) is 4.13. The van der Waals surface area contributed by atoms with Crippen LogP contribution in [-0.2, 0) is 27.9 Å². The first-order valence-electron chi connectivity index (χ1n) is 10.9. The van der Waals surface area contributed by atoms with E-state index in [1.54, 1.807) is 0 Å². The van der Waals surface area contributed by atoms with Gasteiger partial charge >= 0.3 is 5.97 Å². The second-order valence-corrected chi connectivity index (χ2v) is 8.71. The molecule has 4 rings (SSSR count). The molecular formula is C24H31N3O3. The fourth-order valence-corrected chi connectivity index (χ4v) is 4.51. The normalized spacial score (nSPS) is 24.4. The van der Waals surface area contributed by atoms with Crippen molar-refractivity contribution in [2.75, 3.05) is 13.2 Å². The standard InChI is InChI=1S/C24H31N3O3/c1-5-30-24(29)20-11-18(20)13-27(14-22-15(2)25-26(4)16(22)3)23(28)21-12-19(21)17-9-7-6-8-10-17/h6-10,18-21H,5,11-14H2,1-4H3/t18-,19+,20-,21-/m1/s1. The molecule has 1 amide bonds. The highest BCUT2D eigenvalue weighted by Gasteiger charge is 2.49. The molecule has 6 heteroatoms. The number of ether oxygens (including phenoxy) is 1. The van der Waals surface area contributed by atoms with Crippen LogP contribution in [0.15, 0.2) is 30.3 Å². The summed E-state index contributed by atoms with van der Waals surface area (Å²) in [6.45, 7) is 7.42. The van der Waals surface area contributed by atoms with Crippen molar-refractivity contribution in [2.24, 2.45) is 24.8 Å². The van der Waals surface area contributed by atoms with Gasteiger partial charge in [-0.2, -0.15) is 5.10 Å². The molecule has 2 aliphatic carbocycles. The van der Waals surface area contributed by atoms with Crippen molar-refractivity contribution in [3.8, 4) is 0 Å². The van der Waals surface area contributed by atoms with E-state index in [0.29, 0.717) is 25.6 Å². The van der Waals surface area contributed by atoms with Gasteiger partial charge in [-0.1, -0.05) is 30.3 Å². The maximum Gasteiger partial charge on any atom is 0.309 e. The molecule has 2 aliphatic rings. The molecule has 30 heavy (non-hydrogen) atoms. The number of esters is 1. The number of carbonyl (C=O) groups is 2. The summed E-state index contributed by atoms with van der Waals surface area (Å²) in [5, 5.41) is 4.51. The summed E-state index contributed by atoms with van der Waals surface area (Å²) in [7, 11) is 1.93. The van der Waals surface area contributed by atoms with Gasteiger partial charge in [0.05, 0.1) is 18.2 Å². The van der Waals surface area contributed by atoms with E-state index in [-0.39, 0.29) is 29.6 Å². The highest BCUT2D eigenvalue weighted by Crippen LogP contribution is 2.49. The molecule has 6 nitrogen and oxygen atoms in total.